The first-order valence-electron chi connectivity index (χ1n) is 6.29. The van der Waals surface area contributed by atoms with Gasteiger partial charge in [0.2, 0.25) is 5.88 Å². The zero-order valence-corrected chi connectivity index (χ0v) is 11.6. The minimum absolute atomic E-state index is 0.290. The molecule has 18 heavy (non-hydrogen) atoms. The van der Waals surface area contributed by atoms with E-state index >= 15 is 0 Å². The number of hydrogen-bond donors (Lipinski definition) is 0. The van der Waals surface area contributed by atoms with Gasteiger partial charge in [0.25, 0.3) is 0 Å². The summed E-state index contributed by atoms with van der Waals surface area (Å²) in [7, 11) is 0. The van der Waals surface area contributed by atoms with Gasteiger partial charge >= 0.3 is 0 Å². The Morgan fingerprint density at radius 3 is 2.61 bits per heavy atom. The van der Waals surface area contributed by atoms with Crippen molar-refractivity contribution in [3.8, 4) is 5.88 Å². The van der Waals surface area contributed by atoms with E-state index in [-0.39, 0.29) is 5.60 Å². The van der Waals surface area contributed by atoms with Gasteiger partial charge in [0.15, 0.2) is 11.2 Å². The highest BCUT2D eigenvalue weighted by molar-refractivity contribution is 5.76. The van der Waals surface area contributed by atoms with E-state index < -0.39 is 0 Å². The average molecular weight is 248 g/mol. The Kier molecular flexibility index (Phi) is 3.24. The molecule has 0 radical (unpaired) electrons. The van der Waals surface area contributed by atoms with Crippen LogP contribution in [-0.2, 0) is 0 Å². The van der Waals surface area contributed by atoms with Gasteiger partial charge in [-0.2, -0.15) is 4.98 Å². The molecule has 0 aromatic carbocycles. The van der Waals surface area contributed by atoms with Crippen molar-refractivity contribution < 1.29 is 4.74 Å². The molecule has 1 unspecified atom stereocenters. The number of aromatic nitrogens is 4. The van der Waals surface area contributed by atoms with Crippen molar-refractivity contribution in [2.24, 2.45) is 0 Å². The Morgan fingerprint density at radius 1 is 1.28 bits per heavy atom. The van der Waals surface area contributed by atoms with E-state index in [2.05, 4.69) is 33.4 Å². The second-order valence-electron chi connectivity index (χ2n) is 5.47. The third-order valence-corrected chi connectivity index (χ3v) is 2.79. The van der Waals surface area contributed by atoms with Crippen LogP contribution in [0, 0.1) is 0 Å². The summed E-state index contributed by atoms with van der Waals surface area (Å²) >= 11 is 0. The molecule has 2 aromatic rings. The van der Waals surface area contributed by atoms with Crippen LogP contribution in [0.4, 0.5) is 0 Å². The molecule has 0 spiro atoms. The zero-order valence-electron chi connectivity index (χ0n) is 11.6. The van der Waals surface area contributed by atoms with Crippen molar-refractivity contribution in [1.29, 1.82) is 0 Å². The Bertz CT molecular complexity index is 541. The topological polar surface area (TPSA) is 52.8 Å². The standard InChI is InChI=1S/C13H20N4O/c1-6-9(2)17-8-16-10-11(17)14-7-15-12(10)18-13(3,4)5/h7-9H,6H2,1-5H3. The molecule has 0 fully saturated rings. The van der Waals surface area contributed by atoms with Crippen LogP contribution in [0.5, 0.6) is 5.88 Å². The molecule has 0 aliphatic rings. The van der Waals surface area contributed by atoms with Crippen LogP contribution in [0.2, 0.25) is 0 Å². The predicted octanol–water partition coefficient (Wildman–Crippen LogP) is 2.97. The number of imidazole rings is 1. The van der Waals surface area contributed by atoms with Gasteiger partial charge in [-0.1, -0.05) is 6.92 Å². The molecule has 5 nitrogen and oxygen atoms in total. The van der Waals surface area contributed by atoms with E-state index in [1.807, 2.05) is 27.1 Å². The average Bonchev–Trinajstić information content (AvgIpc) is 2.71. The first-order valence-corrected chi connectivity index (χ1v) is 6.29. The molecule has 2 aromatic heterocycles. The van der Waals surface area contributed by atoms with E-state index in [0.29, 0.717) is 11.9 Å². The molecule has 0 N–H and O–H groups in total. The number of ether oxygens (including phenoxy) is 1. The number of hydrogen-bond acceptors (Lipinski definition) is 4. The fourth-order valence-electron chi connectivity index (χ4n) is 1.71. The van der Waals surface area contributed by atoms with Crippen molar-refractivity contribution in [3.05, 3.63) is 12.7 Å². The molecule has 2 rings (SSSR count). The smallest absolute Gasteiger partial charge is 0.245 e. The fraction of sp³-hybridized carbons (Fsp3) is 0.615. The Balaban J connectivity index is 2.49. The Hall–Kier alpha value is -1.65. The quantitative estimate of drug-likeness (QED) is 0.838. The third kappa shape index (κ3) is 2.44. The molecular weight excluding hydrogens is 228 g/mol. The monoisotopic (exact) mass is 248 g/mol. The molecule has 0 saturated carbocycles. The molecule has 2 heterocycles. The molecule has 0 aliphatic carbocycles. The van der Waals surface area contributed by atoms with Crippen LogP contribution in [0.15, 0.2) is 12.7 Å². The number of fused-ring (bicyclic) bond motifs is 1. The summed E-state index contributed by atoms with van der Waals surface area (Å²) in [5.41, 5.74) is 1.27. The third-order valence-electron chi connectivity index (χ3n) is 2.79. The van der Waals surface area contributed by atoms with Gasteiger partial charge in [-0.25, -0.2) is 9.97 Å². The SMILES string of the molecule is CCC(C)n1cnc2c(OC(C)(C)C)ncnc21. The second-order valence-corrected chi connectivity index (χ2v) is 5.47. The molecule has 0 amide bonds. The minimum atomic E-state index is -0.290. The van der Waals surface area contributed by atoms with Crippen molar-refractivity contribution in [1.82, 2.24) is 19.5 Å². The summed E-state index contributed by atoms with van der Waals surface area (Å²) in [6.07, 6.45) is 4.37. The van der Waals surface area contributed by atoms with Gasteiger partial charge in [-0.15, -0.1) is 0 Å². The summed E-state index contributed by atoms with van der Waals surface area (Å²) in [5, 5.41) is 0. The van der Waals surface area contributed by atoms with Crippen LogP contribution in [0.25, 0.3) is 11.2 Å². The van der Waals surface area contributed by atoms with Crippen LogP contribution < -0.4 is 4.74 Å². The van der Waals surface area contributed by atoms with Crippen LogP contribution in [0.1, 0.15) is 47.1 Å². The fourth-order valence-corrected chi connectivity index (χ4v) is 1.71. The van der Waals surface area contributed by atoms with E-state index in [1.165, 1.54) is 6.33 Å². The first kappa shape index (κ1) is 12.8. The van der Waals surface area contributed by atoms with Gasteiger partial charge in [0, 0.05) is 6.04 Å². The maximum absolute atomic E-state index is 5.81. The van der Waals surface area contributed by atoms with Gasteiger partial charge in [0.1, 0.15) is 11.9 Å². The number of nitrogens with zero attached hydrogens (tertiary/aromatic N) is 4. The molecule has 0 bridgehead atoms. The van der Waals surface area contributed by atoms with Crippen LogP contribution >= 0.6 is 0 Å². The predicted molar refractivity (Wildman–Crippen MR) is 70.7 cm³/mol. The molecule has 0 aliphatic heterocycles. The molecule has 0 saturated heterocycles. The zero-order chi connectivity index (χ0) is 13.3. The first-order chi connectivity index (χ1) is 8.42. The van der Waals surface area contributed by atoms with E-state index in [9.17, 15) is 0 Å². The van der Waals surface area contributed by atoms with Crippen molar-refractivity contribution >= 4 is 11.2 Å². The van der Waals surface area contributed by atoms with Gasteiger partial charge < -0.3 is 9.30 Å². The molecule has 1 atom stereocenters. The lowest BCUT2D eigenvalue weighted by Crippen LogP contribution is -2.23. The summed E-state index contributed by atoms with van der Waals surface area (Å²) in [5.74, 6) is 0.551. The van der Waals surface area contributed by atoms with Crippen molar-refractivity contribution in [2.45, 2.75) is 52.7 Å². The highest BCUT2D eigenvalue weighted by Gasteiger charge is 2.18. The van der Waals surface area contributed by atoms with E-state index in [1.54, 1.807) is 0 Å². The molecule has 5 heteroatoms. The number of rotatable bonds is 3. The molecule has 98 valence electrons. The van der Waals surface area contributed by atoms with Gasteiger partial charge in [-0.05, 0) is 34.1 Å². The minimum Gasteiger partial charge on any atom is -0.470 e. The summed E-state index contributed by atoms with van der Waals surface area (Å²) in [6.45, 7) is 10.3. The summed E-state index contributed by atoms with van der Waals surface area (Å²) < 4.78 is 7.88. The summed E-state index contributed by atoms with van der Waals surface area (Å²) in [6, 6.07) is 0.368. The second kappa shape index (κ2) is 4.55. The highest BCUT2D eigenvalue weighted by Crippen LogP contribution is 2.25. The maximum atomic E-state index is 5.81. The molecular formula is C13H20N4O. The van der Waals surface area contributed by atoms with Gasteiger partial charge in [0.05, 0.1) is 6.33 Å². The Morgan fingerprint density at radius 2 is 2.00 bits per heavy atom. The van der Waals surface area contributed by atoms with Crippen LogP contribution in [0.3, 0.4) is 0 Å². The largest absolute Gasteiger partial charge is 0.470 e. The van der Waals surface area contributed by atoms with E-state index in [0.717, 1.165) is 17.6 Å². The van der Waals surface area contributed by atoms with E-state index in [4.69, 9.17) is 4.74 Å². The van der Waals surface area contributed by atoms with Crippen molar-refractivity contribution in [3.63, 3.8) is 0 Å². The lowest BCUT2D eigenvalue weighted by atomic mass is 10.2. The van der Waals surface area contributed by atoms with Crippen molar-refractivity contribution in [2.75, 3.05) is 0 Å². The van der Waals surface area contributed by atoms with Gasteiger partial charge in [-0.3, -0.25) is 0 Å². The normalized spacial score (nSPS) is 13.8. The lowest BCUT2D eigenvalue weighted by molar-refractivity contribution is 0.126. The lowest BCUT2D eigenvalue weighted by Gasteiger charge is -2.20. The highest BCUT2D eigenvalue weighted by atomic mass is 16.5. The maximum Gasteiger partial charge on any atom is 0.245 e. The Labute approximate surface area is 107 Å². The summed E-state index contributed by atoms with van der Waals surface area (Å²) in [4.78, 5) is 12.9. The van der Waals surface area contributed by atoms with Crippen LogP contribution in [-0.4, -0.2) is 25.1 Å².